The van der Waals surface area contributed by atoms with E-state index in [0.29, 0.717) is 11.3 Å². The Morgan fingerprint density at radius 2 is 2.17 bits per heavy atom. The van der Waals surface area contributed by atoms with Gasteiger partial charge in [0.15, 0.2) is 5.78 Å². The fourth-order valence-electron chi connectivity index (χ4n) is 0.889. The quantitative estimate of drug-likeness (QED) is 0.312. The average Bonchev–Trinajstić information content (AvgIpc) is 1.99. The van der Waals surface area contributed by atoms with E-state index in [1.54, 1.807) is 13.0 Å². The first-order valence-electron chi connectivity index (χ1n) is 3.45. The second-order valence-electron chi connectivity index (χ2n) is 2.58. The summed E-state index contributed by atoms with van der Waals surface area (Å²) in [6, 6.07) is 3.01. The molecule has 64 valence electrons. The van der Waals surface area contributed by atoms with Crippen molar-refractivity contribution < 1.29 is 14.7 Å². The molecular weight excluding hydrogens is 178 g/mol. The van der Waals surface area contributed by atoms with E-state index < -0.39 is 0 Å². The van der Waals surface area contributed by atoms with Crippen LogP contribution in [0.4, 0.5) is 0 Å². The highest BCUT2D eigenvalue weighted by atomic mass is 35.5. The summed E-state index contributed by atoms with van der Waals surface area (Å²) in [7, 11) is 0. The van der Waals surface area contributed by atoms with Crippen molar-refractivity contribution in [3.63, 3.8) is 0 Å². The van der Waals surface area contributed by atoms with Crippen molar-refractivity contribution in [3.05, 3.63) is 28.5 Å². The van der Waals surface area contributed by atoms with Gasteiger partial charge < -0.3 is 0 Å². The molecule has 1 aromatic heterocycles. The molecule has 12 heavy (non-hydrogen) atoms. The second-order valence-corrected chi connectivity index (χ2v) is 2.96. The number of carbonyl (C=O) groups excluding carboxylic acids is 1. The average molecular weight is 187 g/mol. The largest absolute Gasteiger partial charge is 0.326 e. The van der Waals surface area contributed by atoms with E-state index in [4.69, 9.17) is 11.6 Å². The summed E-state index contributed by atoms with van der Waals surface area (Å²) < 4.78 is 0.827. The Hall–Kier alpha value is -1.09. The van der Waals surface area contributed by atoms with E-state index in [9.17, 15) is 10.0 Å². The van der Waals surface area contributed by atoms with Gasteiger partial charge in [-0.25, -0.2) is 0 Å². The predicted octanol–water partition coefficient (Wildman–Crippen LogP) is 1.38. The number of halogens is 1. The van der Waals surface area contributed by atoms with Gasteiger partial charge in [-0.15, -0.1) is 0 Å². The SMILES string of the molecule is CC(=O)c1cc(C)[n+](O)c(Cl)c1. The maximum Gasteiger partial charge on any atom is 0.326 e. The number of pyridine rings is 1. The third kappa shape index (κ3) is 1.56. The van der Waals surface area contributed by atoms with Gasteiger partial charge in [-0.1, -0.05) is 0 Å². The minimum absolute atomic E-state index is 0.0689. The lowest BCUT2D eigenvalue weighted by atomic mass is 10.2. The van der Waals surface area contributed by atoms with Crippen molar-refractivity contribution in [2.75, 3.05) is 0 Å². The molecule has 1 rings (SSSR count). The van der Waals surface area contributed by atoms with Crippen LogP contribution in [-0.2, 0) is 0 Å². The van der Waals surface area contributed by atoms with Crippen molar-refractivity contribution in [1.82, 2.24) is 0 Å². The minimum Gasteiger partial charge on any atom is -0.295 e. The molecule has 0 aliphatic rings. The summed E-state index contributed by atoms with van der Waals surface area (Å²) in [6.45, 7) is 3.12. The van der Waals surface area contributed by atoms with Crippen LogP contribution in [0.2, 0.25) is 5.15 Å². The van der Waals surface area contributed by atoms with Crippen molar-refractivity contribution in [1.29, 1.82) is 0 Å². The number of ketones is 1. The van der Waals surface area contributed by atoms with Crippen LogP contribution in [0.15, 0.2) is 12.1 Å². The monoisotopic (exact) mass is 186 g/mol. The lowest BCUT2D eigenvalue weighted by Gasteiger charge is -1.95. The van der Waals surface area contributed by atoms with Gasteiger partial charge in [0.1, 0.15) is 0 Å². The number of aryl methyl sites for hydroxylation is 1. The van der Waals surface area contributed by atoms with Crippen LogP contribution in [0.3, 0.4) is 0 Å². The number of carbonyl (C=O) groups is 1. The number of rotatable bonds is 1. The van der Waals surface area contributed by atoms with Gasteiger partial charge in [0.2, 0.25) is 5.69 Å². The smallest absolute Gasteiger partial charge is 0.295 e. The summed E-state index contributed by atoms with van der Waals surface area (Å²) in [5.41, 5.74) is 1.04. The molecule has 0 aliphatic carbocycles. The molecule has 0 saturated heterocycles. The zero-order chi connectivity index (χ0) is 9.30. The number of Topliss-reactive ketones (excluding diaryl/α,β-unsaturated/α-hetero) is 1. The van der Waals surface area contributed by atoms with E-state index >= 15 is 0 Å². The zero-order valence-electron chi connectivity index (χ0n) is 6.84. The van der Waals surface area contributed by atoms with Crippen LogP contribution in [-0.4, -0.2) is 11.0 Å². The molecule has 4 heteroatoms. The Morgan fingerprint density at radius 3 is 2.58 bits per heavy atom. The number of nitrogens with zero attached hydrogens (tertiary/aromatic N) is 1. The molecular formula is C8H9ClNO2+. The summed E-state index contributed by atoms with van der Waals surface area (Å²) in [5, 5.41) is 9.33. The Bertz CT molecular complexity index is 313. The molecule has 3 nitrogen and oxygen atoms in total. The number of aromatic nitrogens is 1. The third-order valence-corrected chi connectivity index (χ3v) is 1.85. The molecule has 0 fully saturated rings. The summed E-state index contributed by atoms with van der Waals surface area (Å²) >= 11 is 5.62. The van der Waals surface area contributed by atoms with E-state index in [1.165, 1.54) is 13.0 Å². The Kier molecular flexibility index (Phi) is 2.33. The molecule has 1 aromatic rings. The van der Waals surface area contributed by atoms with E-state index in [1.807, 2.05) is 0 Å². The van der Waals surface area contributed by atoms with Crippen LogP contribution < -0.4 is 4.73 Å². The molecule has 0 radical (unpaired) electrons. The Labute approximate surface area is 75.2 Å². The standard InChI is InChI=1S/C8H9ClNO2/c1-5-3-7(6(2)11)4-8(9)10(5)12/h3-4,12H,1-2H3/q+1. The van der Waals surface area contributed by atoms with Crippen LogP contribution in [0.1, 0.15) is 23.0 Å². The predicted molar refractivity (Wildman–Crippen MR) is 43.6 cm³/mol. The molecule has 0 bridgehead atoms. The van der Waals surface area contributed by atoms with Gasteiger partial charge in [-0.2, -0.15) is 0 Å². The lowest BCUT2D eigenvalue weighted by molar-refractivity contribution is -0.907. The maximum absolute atomic E-state index is 10.9. The molecule has 0 unspecified atom stereocenters. The first kappa shape index (κ1) is 9.00. The van der Waals surface area contributed by atoms with Gasteiger partial charge >= 0.3 is 5.15 Å². The molecule has 1 heterocycles. The zero-order valence-corrected chi connectivity index (χ0v) is 7.59. The minimum atomic E-state index is -0.0689. The summed E-state index contributed by atoms with van der Waals surface area (Å²) in [4.78, 5) is 10.9. The number of hydrogen-bond donors (Lipinski definition) is 1. The van der Waals surface area contributed by atoms with Crippen LogP contribution in [0, 0.1) is 6.92 Å². The molecule has 0 aromatic carbocycles. The van der Waals surface area contributed by atoms with Crippen molar-refractivity contribution >= 4 is 17.4 Å². The normalized spacial score (nSPS) is 9.92. The molecule has 1 N–H and O–H groups in total. The fourth-order valence-corrected chi connectivity index (χ4v) is 1.14. The first-order valence-corrected chi connectivity index (χ1v) is 3.82. The van der Waals surface area contributed by atoms with Crippen LogP contribution >= 0.6 is 11.6 Å². The third-order valence-electron chi connectivity index (χ3n) is 1.58. The van der Waals surface area contributed by atoms with E-state index in [2.05, 4.69) is 0 Å². The molecule has 0 aliphatic heterocycles. The lowest BCUT2D eigenvalue weighted by Crippen LogP contribution is -2.35. The van der Waals surface area contributed by atoms with Gasteiger partial charge in [0.25, 0.3) is 0 Å². The highest BCUT2D eigenvalue weighted by Crippen LogP contribution is 2.08. The second kappa shape index (κ2) is 3.11. The van der Waals surface area contributed by atoms with Gasteiger partial charge in [-0.05, 0) is 18.5 Å². The topological polar surface area (TPSA) is 41.2 Å². The molecule has 0 spiro atoms. The van der Waals surface area contributed by atoms with E-state index in [0.717, 1.165) is 4.73 Å². The van der Waals surface area contributed by atoms with E-state index in [-0.39, 0.29) is 10.9 Å². The number of hydrogen-bond acceptors (Lipinski definition) is 2. The maximum atomic E-state index is 10.9. The van der Waals surface area contributed by atoms with Crippen LogP contribution in [0.25, 0.3) is 0 Å². The molecule has 0 amide bonds. The van der Waals surface area contributed by atoms with Crippen molar-refractivity contribution in [2.24, 2.45) is 0 Å². The Morgan fingerprint density at radius 1 is 1.58 bits per heavy atom. The fraction of sp³-hybridized carbons (Fsp3) is 0.250. The Balaban J connectivity index is 3.31. The first-order chi connectivity index (χ1) is 5.52. The molecule has 0 atom stereocenters. The summed E-state index contributed by atoms with van der Waals surface area (Å²) in [6.07, 6.45) is 0. The molecule has 0 saturated carbocycles. The summed E-state index contributed by atoms with van der Waals surface area (Å²) in [5.74, 6) is -0.0689. The van der Waals surface area contributed by atoms with Crippen molar-refractivity contribution in [2.45, 2.75) is 13.8 Å². The highest BCUT2D eigenvalue weighted by molar-refractivity contribution is 6.28. The van der Waals surface area contributed by atoms with Gasteiger partial charge in [-0.3, -0.25) is 10.0 Å². The van der Waals surface area contributed by atoms with Crippen LogP contribution in [0.5, 0.6) is 0 Å². The van der Waals surface area contributed by atoms with Gasteiger partial charge in [0.05, 0.1) is 0 Å². The van der Waals surface area contributed by atoms with Crippen molar-refractivity contribution in [3.8, 4) is 0 Å². The highest BCUT2D eigenvalue weighted by Gasteiger charge is 2.14. The van der Waals surface area contributed by atoms with Gasteiger partial charge in [0, 0.05) is 29.4 Å².